The highest BCUT2D eigenvalue weighted by Gasteiger charge is 2.32. The molecular formula is C15H14FN3O2. The van der Waals surface area contributed by atoms with Gasteiger partial charge >= 0.3 is 0 Å². The minimum absolute atomic E-state index is 0.220. The summed E-state index contributed by atoms with van der Waals surface area (Å²) in [7, 11) is 0. The molecule has 2 N–H and O–H groups in total. The zero-order chi connectivity index (χ0) is 14.6. The molecule has 108 valence electrons. The van der Waals surface area contributed by atoms with E-state index in [0.29, 0.717) is 5.92 Å². The number of carbonyl (C=O) groups excluding carboxylic acids is 1. The number of hydrogen-bond acceptors (Lipinski definition) is 3. The summed E-state index contributed by atoms with van der Waals surface area (Å²) in [6.07, 6.45) is 2.91. The number of carbonyl (C=O) groups is 1. The maximum absolute atomic E-state index is 13.9. The van der Waals surface area contributed by atoms with E-state index < -0.39 is 18.3 Å². The summed E-state index contributed by atoms with van der Waals surface area (Å²) < 4.78 is 15.7. The van der Waals surface area contributed by atoms with E-state index in [-0.39, 0.29) is 11.1 Å². The van der Waals surface area contributed by atoms with Crippen LogP contribution < -0.4 is 5.32 Å². The van der Waals surface area contributed by atoms with Gasteiger partial charge in [0.15, 0.2) is 12.4 Å². The average molecular weight is 287 g/mol. The van der Waals surface area contributed by atoms with E-state index in [0.717, 1.165) is 11.4 Å². The van der Waals surface area contributed by atoms with E-state index >= 15 is 0 Å². The zero-order valence-electron chi connectivity index (χ0n) is 11.2. The molecule has 2 atom stereocenters. The van der Waals surface area contributed by atoms with Crippen molar-refractivity contribution < 1.29 is 14.3 Å². The van der Waals surface area contributed by atoms with Crippen molar-refractivity contribution in [3.05, 3.63) is 47.5 Å². The van der Waals surface area contributed by atoms with Gasteiger partial charge < -0.3 is 15.0 Å². The van der Waals surface area contributed by atoms with Gasteiger partial charge in [-0.1, -0.05) is 6.07 Å². The number of nitrogens with zero attached hydrogens (tertiary/aromatic N) is 2. The first-order valence-corrected chi connectivity index (χ1v) is 6.94. The van der Waals surface area contributed by atoms with Crippen molar-refractivity contribution in [3.63, 3.8) is 0 Å². The largest absolute Gasteiger partial charge is 0.370 e. The summed E-state index contributed by atoms with van der Waals surface area (Å²) in [5, 5.41) is 11.6. The number of imidazole rings is 1. The summed E-state index contributed by atoms with van der Waals surface area (Å²) in [6, 6.07) is 4.91. The normalized spacial score (nSPS) is 24.6. The number of amides is 1. The van der Waals surface area contributed by atoms with Gasteiger partial charge in [-0.2, -0.15) is 0 Å². The van der Waals surface area contributed by atoms with Gasteiger partial charge in [0.05, 0.1) is 12.0 Å². The average Bonchev–Trinajstić information content (AvgIpc) is 3.22. The lowest BCUT2D eigenvalue weighted by molar-refractivity contribution is 0.0350. The van der Waals surface area contributed by atoms with Crippen LogP contribution in [0.3, 0.4) is 0 Å². The van der Waals surface area contributed by atoms with Crippen molar-refractivity contribution in [2.75, 3.05) is 0 Å². The van der Waals surface area contributed by atoms with Gasteiger partial charge in [-0.15, -0.1) is 0 Å². The van der Waals surface area contributed by atoms with Crippen LogP contribution in [0.2, 0.25) is 0 Å². The molecule has 6 heteroatoms. The van der Waals surface area contributed by atoms with Crippen LogP contribution in [-0.2, 0) is 0 Å². The monoisotopic (exact) mass is 287 g/mol. The van der Waals surface area contributed by atoms with E-state index in [1.165, 1.54) is 12.8 Å². The number of aliphatic hydroxyl groups excluding tert-OH is 1. The number of hydrogen-bond donors (Lipinski definition) is 2. The second-order valence-electron chi connectivity index (χ2n) is 5.57. The second kappa shape index (κ2) is 4.39. The minimum Gasteiger partial charge on any atom is -0.370 e. The predicted molar refractivity (Wildman–Crippen MR) is 72.9 cm³/mol. The number of aliphatic hydroxyl groups is 1. The summed E-state index contributed by atoms with van der Waals surface area (Å²) in [5.41, 5.74) is 2.28. The summed E-state index contributed by atoms with van der Waals surface area (Å²) in [5.74, 6) is 0.0910. The van der Waals surface area contributed by atoms with Crippen LogP contribution >= 0.6 is 0 Å². The molecule has 1 aliphatic heterocycles. The first-order valence-electron chi connectivity index (χ1n) is 6.94. The van der Waals surface area contributed by atoms with Crippen molar-refractivity contribution in [1.29, 1.82) is 0 Å². The van der Waals surface area contributed by atoms with Crippen molar-refractivity contribution in [1.82, 2.24) is 14.9 Å². The Bertz CT molecular complexity index is 723. The summed E-state index contributed by atoms with van der Waals surface area (Å²) in [6.45, 7) is 0. The number of halogens is 1. The van der Waals surface area contributed by atoms with Crippen molar-refractivity contribution in [3.8, 4) is 5.69 Å². The smallest absolute Gasteiger partial charge is 0.253 e. The third-order valence-electron chi connectivity index (χ3n) is 4.03. The Kier molecular flexibility index (Phi) is 2.62. The molecule has 4 rings (SSSR count). The molecule has 21 heavy (non-hydrogen) atoms. The minimum atomic E-state index is -1.60. The highest BCUT2D eigenvalue weighted by atomic mass is 19.1. The van der Waals surface area contributed by atoms with Crippen LogP contribution in [0.15, 0.2) is 30.7 Å². The van der Waals surface area contributed by atoms with Gasteiger partial charge in [-0.3, -0.25) is 4.79 Å². The SMILES string of the molecule is O=C1NC(O)C(F)c2ccc(-n3cnc(C4CC4)c3)cc21. The molecule has 5 nitrogen and oxygen atoms in total. The second-order valence-corrected chi connectivity index (χ2v) is 5.57. The van der Waals surface area contributed by atoms with Crippen LogP contribution in [0.4, 0.5) is 4.39 Å². The molecular weight excluding hydrogens is 273 g/mol. The number of fused-ring (bicyclic) bond motifs is 1. The fourth-order valence-corrected chi connectivity index (χ4v) is 2.67. The first-order chi connectivity index (χ1) is 10.1. The maximum Gasteiger partial charge on any atom is 0.253 e. The first kappa shape index (κ1) is 12.5. The van der Waals surface area contributed by atoms with Crippen molar-refractivity contribution >= 4 is 5.91 Å². The number of nitrogens with one attached hydrogen (secondary N) is 1. The zero-order valence-corrected chi connectivity index (χ0v) is 11.2. The fourth-order valence-electron chi connectivity index (χ4n) is 2.67. The Balaban J connectivity index is 1.74. The lowest BCUT2D eigenvalue weighted by Gasteiger charge is -2.25. The number of rotatable bonds is 2. The molecule has 2 aliphatic rings. The third-order valence-corrected chi connectivity index (χ3v) is 4.03. The van der Waals surface area contributed by atoms with E-state index in [4.69, 9.17) is 0 Å². The number of aromatic nitrogens is 2. The lowest BCUT2D eigenvalue weighted by Crippen LogP contribution is -2.42. The molecule has 2 heterocycles. The molecule has 1 fully saturated rings. The van der Waals surface area contributed by atoms with Gasteiger partial charge in [0.25, 0.3) is 5.91 Å². The van der Waals surface area contributed by atoms with Gasteiger partial charge in [0, 0.05) is 28.9 Å². The van der Waals surface area contributed by atoms with Crippen molar-refractivity contribution in [2.24, 2.45) is 0 Å². The maximum atomic E-state index is 13.9. The number of benzene rings is 1. The molecule has 1 amide bonds. The quantitative estimate of drug-likeness (QED) is 0.885. The van der Waals surface area contributed by atoms with Gasteiger partial charge in [-0.25, -0.2) is 9.37 Å². The van der Waals surface area contributed by atoms with Gasteiger partial charge in [-0.05, 0) is 25.0 Å². The lowest BCUT2D eigenvalue weighted by atomic mass is 9.97. The Hall–Kier alpha value is -2.21. The molecule has 1 saturated carbocycles. The highest BCUT2D eigenvalue weighted by molar-refractivity contribution is 5.97. The summed E-state index contributed by atoms with van der Waals surface area (Å²) in [4.78, 5) is 16.2. The van der Waals surface area contributed by atoms with E-state index in [1.54, 1.807) is 24.5 Å². The third kappa shape index (κ3) is 2.03. The van der Waals surface area contributed by atoms with Crippen LogP contribution in [0, 0.1) is 0 Å². The van der Waals surface area contributed by atoms with Crippen LogP contribution in [0.1, 0.15) is 46.5 Å². The molecule has 2 unspecified atom stereocenters. The van der Waals surface area contributed by atoms with Crippen LogP contribution in [0.5, 0.6) is 0 Å². The fraction of sp³-hybridized carbons (Fsp3) is 0.333. The molecule has 0 saturated heterocycles. The Morgan fingerprint density at radius 1 is 1.38 bits per heavy atom. The Labute approximate surface area is 120 Å². The van der Waals surface area contributed by atoms with E-state index in [9.17, 15) is 14.3 Å². The molecule has 1 aromatic carbocycles. The highest BCUT2D eigenvalue weighted by Crippen LogP contribution is 2.39. The molecule has 0 bridgehead atoms. The summed E-state index contributed by atoms with van der Waals surface area (Å²) >= 11 is 0. The molecule has 1 aromatic heterocycles. The van der Waals surface area contributed by atoms with Crippen LogP contribution in [-0.4, -0.2) is 26.8 Å². The molecule has 1 aliphatic carbocycles. The van der Waals surface area contributed by atoms with E-state index in [1.807, 2.05) is 10.8 Å². The standard InChI is InChI=1S/C15H14FN3O2/c16-13-10-4-3-9(5-11(10)14(20)18-15(13)21)19-6-12(17-7-19)8-1-2-8/h3-8,13,15,21H,1-2H2,(H,18,20). The molecule has 2 aromatic rings. The predicted octanol–water partition coefficient (Wildman–Crippen LogP) is 1.82. The molecule has 0 spiro atoms. The number of alkyl halides is 1. The van der Waals surface area contributed by atoms with Gasteiger partial charge in [0.1, 0.15) is 0 Å². The van der Waals surface area contributed by atoms with Crippen molar-refractivity contribution in [2.45, 2.75) is 31.2 Å². The Morgan fingerprint density at radius 3 is 2.95 bits per heavy atom. The Morgan fingerprint density at radius 2 is 2.19 bits per heavy atom. The van der Waals surface area contributed by atoms with Crippen LogP contribution in [0.25, 0.3) is 5.69 Å². The van der Waals surface area contributed by atoms with E-state index in [2.05, 4.69) is 10.3 Å². The van der Waals surface area contributed by atoms with Gasteiger partial charge in [0.2, 0.25) is 0 Å². The molecule has 0 radical (unpaired) electrons. The topological polar surface area (TPSA) is 67.2 Å².